The maximum Gasteiger partial charge on any atom is 0.308 e. The Balaban J connectivity index is 1.84. The van der Waals surface area contributed by atoms with E-state index in [0.717, 1.165) is 0 Å². The molecule has 0 spiro atoms. The van der Waals surface area contributed by atoms with Gasteiger partial charge in [0.05, 0.1) is 12.5 Å². The van der Waals surface area contributed by atoms with Crippen molar-refractivity contribution in [3.8, 4) is 0 Å². The van der Waals surface area contributed by atoms with Crippen LogP contribution in [0, 0.1) is 5.92 Å². The SMILES string of the molecule is O=C(NCC(=O)N1CCC(C(=O)O)C1)c1cccc(Cl)c1. The van der Waals surface area contributed by atoms with Gasteiger partial charge in [-0.05, 0) is 24.6 Å². The van der Waals surface area contributed by atoms with Crippen molar-refractivity contribution >= 4 is 29.4 Å². The lowest BCUT2D eigenvalue weighted by atomic mass is 10.1. The lowest BCUT2D eigenvalue weighted by Gasteiger charge is -2.16. The summed E-state index contributed by atoms with van der Waals surface area (Å²) in [6.45, 7) is 0.446. The zero-order valence-corrected chi connectivity index (χ0v) is 12.0. The number of likely N-dealkylation sites (tertiary alicyclic amines) is 1. The third-order valence-electron chi connectivity index (χ3n) is 3.38. The second-order valence-corrected chi connectivity index (χ2v) is 5.29. The first-order valence-corrected chi connectivity index (χ1v) is 6.89. The molecule has 0 radical (unpaired) electrons. The van der Waals surface area contributed by atoms with Gasteiger partial charge in [0.2, 0.25) is 5.91 Å². The van der Waals surface area contributed by atoms with Crippen LogP contribution in [-0.4, -0.2) is 47.4 Å². The van der Waals surface area contributed by atoms with Crippen LogP contribution in [0.5, 0.6) is 0 Å². The zero-order chi connectivity index (χ0) is 15.4. The third kappa shape index (κ3) is 3.95. The fraction of sp³-hybridized carbons (Fsp3) is 0.357. The summed E-state index contributed by atoms with van der Waals surface area (Å²) >= 11 is 5.79. The zero-order valence-electron chi connectivity index (χ0n) is 11.2. The molecule has 2 rings (SSSR count). The summed E-state index contributed by atoms with van der Waals surface area (Å²) in [5.41, 5.74) is 0.375. The van der Waals surface area contributed by atoms with Gasteiger partial charge in [0, 0.05) is 23.7 Å². The fourth-order valence-corrected chi connectivity index (χ4v) is 2.38. The summed E-state index contributed by atoms with van der Waals surface area (Å²) in [5, 5.41) is 11.8. The number of nitrogens with one attached hydrogen (secondary N) is 1. The van der Waals surface area contributed by atoms with Gasteiger partial charge < -0.3 is 15.3 Å². The molecule has 1 aliphatic rings. The van der Waals surface area contributed by atoms with Gasteiger partial charge in [-0.2, -0.15) is 0 Å². The molecule has 1 unspecified atom stereocenters. The van der Waals surface area contributed by atoms with E-state index in [0.29, 0.717) is 23.6 Å². The number of rotatable bonds is 4. The number of hydrogen-bond donors (Lipinski definition) is 2. The molecule has 1 aromatic carbocycles. The number of benzene rings is 1. The van der Waals surface area contributed by atoms with Crippen molar-refractivity contribution in [1.29, 1.82) is 0 Å². The maximum absolute atomic E-state index is 11.9. The average Bonchev–Trinajstić information content (AvgIpc) is 2.94. The third-order valence-corrected chi connectivity index (χ3v) is 3.61. The lowest BCUT2D eigenvalue weighted by Crippen LogP contribution is -2.39. The van der Waals surface area contributed by atoms with Gasteiger partial charge in [-0.1, -0.05) is 17.7 Å². The lowest BCUT2D eigenvalue weighted by molar-refractivity contribution is -0.141. The van der Waals surface area contributed by atoms with E-state index in [-0.39, 0.29) is 24.9 Å². The first-order valence-electron chi connectivity index (χ1n) is 6.51. The van der Waals surface area contributed by atoms with Crippen molar-refractivity contribution in [3.63, 3.8) is 0 Å². The molecule has 21 heavy (non-hydrogen) atoms. The van der Waals surface area contributed by atoms with Crippen LogP contribution in [0.1, 0.15) is 16.8 Å². The highest BCUT2D eigenvalue weighted by Gasteiger charge is 2.30. The van der Waals surface area contributed by atoms with Crippen molar-refractivity contribution in [2.45, 2.75) is 6.42 Å². The van der Waals surface area contributed by atoms with Crippen LogP contribution in [-0.2, 0) is 9.59 Å². The van der Waals surface area contributed by atoms with Crippen LogP contribution in [0.25, 0.3) is 0 Å². The van der Waals surface area contributed by atoms with Gasteiger partial charge in [-0.3, -0.25) is 14.4 Å². The van der Waals surface area contributed by atoms with E-state index in [9.17, 15) is 14.4 Å². The minimum atomic E-state index is -0.895. The molecule has 1 atom stereocenters. The van der Waals surface area contributed by atoms with Crippen molar-refractivity contribution in [2.24, 2.45) is 5.92 Å². The molecule has 7 heteroatoms. The molecule has 0 saturated carbocycles. The molecule has 1 aromatic rings. The number of aliphatic carboxylic acids is 1. The number of amides is 2. The summed E-state index contributed by atoms with van der Waals surface area (Å²) in [7, 11) is 0. The second-order valence-electron chi connectivity index (χ2n) is 4.86. The van der Waals surface area contributed by atoms with E-state index in [1.165, 1.54) is 11.0 Å². The minimum absolute atomic E-state index is 0.155. The molecule has 1 heterocycles. The largest absolute Gasteiger partial charge is 0.481 e. The number of nitrogens with zero attached hydrogens (tertiary/aromatic N) is 1. The Hall–Kier alpha value is -2.08. The smallest absolute Gasteiger partial charge is 0.308 e. The van der Waals surface area contributed by atoms with Crippen LogP contribution >= 0.6 is 11.6 Å². The van der Waals surface area contributed by atoms with E-state index in [2.05, 4.69) is 5.32 Å². The van der Waals surface area contributed by atoms with Crippen LogP contribution in [0.3, 0.4) is 0 Å². The van der Waals surface area contributed by atoms with Gasteiger partial charge in [0.1, 0.15) is 0 Å². The summed E-state index contributed by atoms with van der Waals surface area (Å²) < 4.78 is 0. The van der Waals surface area contributed by atoms with Crippen molar-refractivity contribution in [2.75, 3.05) is 19.6 Å². The molecule has 1 aliphatic heterocycles. The molecule has 1 fully saturated rings. The molecule has 1 saturated heterocycles. The van der Waals surface area contributed by atoms with E-state index in [1.807, 2.05) is 0 Å². The first kappa shape index (κ1) is 15.3. The monoisotopic (exact) mass is 310 g/mol. The summed E-state index contributed by atoms with van der Waals surface area (Å²) in [6.07, 6.45) is 0.448. The highest BCUT2D eigenvalue weighted by atomic mass is 35.5. The molecular formula is C14H15ClN2O4. The number of carboxylic acids is 1. The molecule has 0 aromatic heterocycles. The number of hydrogen-bond acceptors (Lipinski definition) is 3. The number of carbonyl (C=O) groups excluding carboxylic acids is 2. The van der Waals surface area contributed by atoms with Crippen LogP contribution in [0.2, 0.25) is 5.02 Å². The molecule has 0 aliphatic carbocycles. The number of halogens is 1. The van der Waals surface area contributed by atoms with E-state index < -0.39 is 11.9 Å². The quantitative estimate of drug-likeness (QED) is 0.868. The Morgan fingerprint density at radius 1 is 1.38 bits per heavy atom. The van der Waals surface area contributed by atoms with Gasteiger partial charge in [0.25, 0.3) is 5.91 Å². The Labute approximate surface area is 126 Å². The van der Waals surface area contributed by atoms with E-state index >= 15 is 0 Å². The summed E-state index contributed by atoms with van der Waals surface area (Å²) in [4.78, 5) is 36.1. The van der Waals surface area contributed by atoms with Gasteiger partial charge in [0.15, 0.2) is 0 Å². The second kappa shape index (κ2) is 6.58. The topological polar surface area (TPSA) is 86.7 Å². The average molecular weight is 311 g/mol. The van der Waals surface area contributed by atoms with Crippen LogP contribution in [0.4, 0.5) is 0 Å². The number of carbonyl (C=O) groups is 3. The highest BCUT2D eigenvalue weighted by Crippen LogP contribution is 2.16. The first-order chi connectivity index (χ1) is 9.97. The Bertz CT molecular complexity index is 576. The Morgan fingerprint density at radius 2 is 2.14 bits per heavy atom. The summed E-state index contributed by atoms with van der Waals surface area (Å²) in [5.74, 6) is -2.08. The van der Waals surface area contributed by atoms with Gasteiger partial charge in [-0.25, -0.2) is 0 Å². The standard InChI is InChI=1S/C14H15ClN2O4/c15-11-3-1-2-9(6-11)13(19)16-7-12(18)17-5-4-10(8-17)14(20)21/h1-3,6,10H,4-5,7-8H2,(H,16,19)(H,20,21). The number of carboxylic acid groups (broad SMARTS) is 1. The van der Waals surface area contributed by atoms with E-state index in [1.54, 1.807) is 18.2 Å². The molecule has 2 amide bonds. The normalized spacial score (nSPS) is 17.6. The predicted molar refractivity (Wildman–Crippen MR) is 76.1 cm³/mol. The highest BCUT2D eigenvalue weighted by molar-refractivity contribution is 6.30. The van der Waals surface area contributed by atoms with Crippen LogP contribution in [0.15, 0.2) is 24.3 Å². The van der Waals surface area contributed by atoms with Crippen LogP contribution < -0.4 is 5.32 Å². The van der Waals surface area contributed by atoms with Crippen molar-refractivity contribution in [3.05, 3.63) is 34.9 Å². The molecule has 112 valence electrons. The molecular weight excluding hydrogens is 296 g/mol. The predicted octanol–water partition coefficient (Wildman–Crippen LogP) is 1.00. The Kier molecular flexibility index (Phi) is 4.80. The van der Waals surface area contributed by atoms with Crippen molar-refractivity contribution in [1.82, 2.24) is 10.2 Å². The van der Waals surface area contributed by atoms with Gasteiger partial charge >= 0.3 is 5.97 Å². The summed E-state index contributed by atoms with van der Waals surface area (Å²) in [6, 6.07) is 6.41. The van der Waals surface area contributed by atoms with E-state index in [4.69, 9.17) is 16.7 Å². The fourth-order valence-electron chi connectivity index (χ4n) is 2.19. The minimum Gasteiger partial charge on any atom is -0.481 e. The molecule has 2 N–H and O–H groups in total. The Morgan fingerprint density at radius 3 is 2.76 bits per heavy atom. The van der Waals surface area contributed by atoms with Crippen molar-refractivity contribution < 1.29 is 19.5 Å². The molecule has 0 bridgehead atoms. The molecule has 6 nitrogen and oxygen atoms in total. The van der Waals surface area contributed by atoms with Gasteiger partial charge in [-0.15, -0.1) is 0 Å². The maximum atomic E-state index is 11.9.